The van der Waals surface area contributed by atoms with Gasteiger partial charge in [0.1, 0.15) is 5.56 Å². The summed E-state index contributed by atoms with van der Waals surface area (Å²) in [6.07, 6.45) is 4.73. The fraction of sp³-hybridized carbons (Fsp3) is 0.538. The van der Waals surface area contributed by atoms with E-state index in [1.165, 1.54) is 7.11 Å². The van der Waals surface area contributed by atoms with Gasteiger partial charge in [-0.2, -0.15) is 0 Å². The van der Waals surface area contributed by atoms with Gasteiger partial charge >= 0.3 is 0 Å². The molecular formula is C13H18N2O3. The molecule has 0 radical (unpaired) electrons. The first-order chi connectivity index (χ1) is 8.72. The van der Waals surface area contributed by atoms with Gasteiger partial charge in [-0.3, -0.25) is 4.79 Å². The van der Waals surface area contributed by atoms with Crippen molar-refractivity contribution < 1.29 is 14.6 Å². The number of rotatable bonds is 3. The van der Waals surface area contributed by atoms with Crippen molar-refractivity contribution in [1.82, 2.24) is 10.3 Å². The summed E-state index contributed by atoms with van der Waals surface area (Å²) in [5.41, 5.74) is 0.401. The van der Waals surface area contributed by atoms with Crippen LogP contribution in [0.25, 0.3) is 0 Å². The van der Waals surface area contributed by atoms with Crippen molar-refractivity contribution in [1.29, 1.82) is 0 Å². The summed E-state index contributed by atoms with van der Waals surface area (Å²) in [5.74, 6) is 0.0613. The fourth-order valence-electron chi connectivity index (χ4n) is 2.25. The number of nitrogens with zero attached hydrogens (tertiary/aromatic N) is 1. The van der Waals surface area contributed by atoms with Gasteiger partial charge in [0.05, 0.1) is 19.3 Å². The molecule has 1 saturated carbocycles. The van der Waals surface area contributed by atoms with Crippen LogP contribution < -0.4 is 10.1 Å². The Balaban J connectivity index is 2.07. The quantitative estimate of drug-likeness (QED) is 0.843. The second kappa shape index (κ2) is 5.82. The summed E-state index contributed by atoms with van der Waals surface area (Å²) >= 11 is 0. The van der Waals surface area contributed by atoms with E-state index in [1.54, 1.807) is 18.3 Å². The van der Waals surface area contributed by atoms with Gasteiger partial charge in [-0.25, -0.2) is 4.98 Å². The molecule has 1 aromatic rings. The maximum absolute atomic E-state index is 12.1. The smallest absolute Gasteiger partial charge is 0.257 e. The van der Waals surface area contributed by atoms with Crippen LogP contribution in [0.4, 0.5) is 0 Å². The number of amides is 1. The van der Waals surface area contributed by atoms with Gasteiger partial charge in [-0.1, -0.05) is 12.8 Å². The standard InChI is InChI=1S/C13H18N2O3/c1-18-13-9(5-4-8-14-13)12(17)15-10-6-2-3-7-11(10)16/h4-5,8,10-11,16H,2-3,6-7H2,1H3,(H,15,17)/t10-,11-/m0/s1. The third-order valence-corrected chi connectivity index (χ3v) is 3.26. The second-order valence-corrected chi connectivity index (χ2v) is 4.49. The van der Waals surface area contributed by atoms with Crippen molar-refractivity contribution in [3.63, 3.8) is 0 Å². The van der Waals surface area contributed by atoms with Crippen molar-refractivity contribution in [3.05, 3.63) is 23.9 Å². The van der Waals surface area contributed by atoms with Crippen molar-refractivity contribution >= 4 is 5.91 Å². The number of nitrogens with one attached hydrogen (secondary N) is 1. The number of carbonyl (C=O) groups is 1. The van der Waals surface area contributed by atoms with Crippen molar-refractivity contribution in [2.45, 2.75) is 37.8 Å². The van der Waals surface area contributed by atoms with Gasteiger partial charge in [-0.05, 0) is 25.0 Å². The van der Waals surface area contributed by atoms with Crippen LogP contribution in [0.5, 0.6) is 5.88 Å². The third-order valence-electron chi connectivity index (χ3n) is 3.26. The SMILES string of the molecule is COc1ncccc1C(=O)N[C@H]1CCCC[C@@H]1O. The summed E-state index contributed by atoms with van der Waals surface area (Å²) < 4.78 is 5.05. The average molecular weight is 250 g/mol. The van der Waals surface area contributed by atoms with Crippen LogP contribution in [-0.4, -0.2) is 35.3 Å². The van der Waals surface area contributed by atoms with Gasteiger partial charge < -0.3 is 15.2 Å². The minimum absolute atomic E-state index is 0.170. The largest absolute Gasteiger partial charge is 0.480 e. The van der Waals surface area contributed by atoms with Gasteiger partial charge in [0.2, 0.25) is 5.88 Å². The van der Waals surface area contributed by atoms with Crippen molar-refractivity contribution in [2.24, 2.45) is 0 Å². The molecule has 1 heterocycles. The molecule has 1 amide bonds. The molecule has 2 N–H and O–H groups in total. The van der Waals surface area contributed by atoms with E-state index in [1.807, 2.05) is 0 Å². The number of aromatic nitrogens is 1. The number of aliphatic hydroxyl groups is 1. The molecular weight excluding hydrogens is 232 g/mol. The lowest BCUT2D eigenvalue weighted by atomic mass is 9.92. The number of ether oxygens (including phenoxy) is 1. The Morgan fingerprint density at radius 2 is 2.28 bits per heavy atom. The topological polar surface area (TPSA) is 71.5 Å². The number of carbonyl (C=O) groups excluding carboxylic acids is 1. The molecule has 0 spiro atoms. The maximum atomic E-state index is 12.1. The minimum atomic E-state index is -0.453. The van der Waals surface area contributed by atoms with E-state index in [0.717, 1.165) is 25.7 Å². The van der Waals surface area contributed by atoms with Gasteiger partial charge in [0, 0.05) is 6.20 Å². The van der Waals surface area contributed by atoms with Crippen molar-refractivity contribution in [2.75, 3.05) is 7.11 Å². The summed E-state index contributed by atoms with van der Waals surface area (Å²) in [4.78, 5) is 16.1. The predicted octanol–water partition coefficient (Wildman–Crippen LogP) is 1.12. The highest BCUT2D eigenvalue weighted by molar-refractivity contribution is 5.96. The van der Waals surface area contributed by atoms with Crippen LogP contribution in [0, 0.1) is 0 Å². The zero-order valence-electron chi connectivity index (χ0n) is 10.4. The Labute approximate surface area is 106 Å². The number of aliphatic hydroxyl groups excluding tert-OH is 1. The Bertz CT molecular complexity index is 422. The molecule has 1 aliphatic carbocycles. The Kier molecular flexibility index (Phi) is 4.15. The molecule has 0 bridgehead atoms. The number of hydrogen-bond donors (Lipinski definition) is 2. The highest BCUT2D eigenvalue weighted by atomic mass is 16.5. The van der Waals surface area contributed by atoms with E-state index < -0.39 is 6.10 Å². The van der Waals surface area contributed by atoms with E-state index in [9.17, 15) is 9.90 Å². The summed E-state index contributed by atoms with van der Waals surface area (Å²) in [7, 11) is 1.48. The lowest BCUT2D eigenvalue weighted by molar-refractivity contribution is 0.0714. The van der Waals surface area contributed by atoms with Crippen LogP contribution in [-0.2, 0) is 0 Å². The Morgan fingerprint density at radius 3 is 3.00 bits per heavy atom. The molecule has 2 atom stereocenters. The zero-order chi connectivity index (χ0) is 13.0. The molecule has 0 aromatic carbocycles. The average Bonchev–Trinajstić information content (AvgIpc) is 2.41. The van der Waals surface area contributed by atoms with E-state index >= 15 is 0 Å². The maximum Gasteiger partial charge on any atom is 0.257 e. The summed E-state index contributed by atoms with van der Waals surface area (Å²) in [5, 5.41) is 12.7. The van der Waals surface area contributed by atoms with E-state index in [-0.39, 0.29) is 11.9 Å². The van der Waals surface area contributed by atoms with Crippen molar-refractivity contribution in [3.8, 4) is 5.88 Å². The Morgan fingerprint density at radius 1 is 1.50 bits per heavy atom. The molecule has 0 saturated heterocycles. The van der Waals surface area contributed by atoms with Crippen LogP contribution in [0.2, 0.25) is 0 Å². The third kappa shape index (κ3) is 2.79. The first-order valence-corrected chi connectivity index (χ1v) is 6.20. The monoisotopic (exact) mass is 250 g/mol. The van der Waals surface area contributed by atoms with E-state index in [4.69, 9.17) is 4.74 Å². The molecule has 98 valence electrons. The number of pyridine rings is 1. The van der Waals surface area contributed by atoms with Crippen LogP contribution in [0.1, 0.15) is 36.0 Å². The minimum Gasteiger partial charge on any atom is -0.480 e. The first-order valence-electron chi connectivity index (χ1n) is 6.20. The normalized spacial score (nSPS) is 23.4. The highest BCUT2D eigenvalue weighted by Gasteiger charge is 2.25. The first kappa shape index (κ1) is 12.8. The number of hydrogen-bond acceptors (Lipinski definition) is 4. The second-order valence-electron chi connectivity index (χ2n) is 4.49. The number of methoxy groups -OCH3 is 1. The molecule has 5 nitrogen and oxygen atoms in total. The highest BCUT2D eigenvalue weighted by Crippen LogP contribution is 2.20. The molecule has 0 aliphatic heterocycles. The van der Waals surface area contributed by atoms with Crippen LogP contribution in [0.3, 0.4) is 0 Å². The molecule has 18 heavy (non-hydrogen) atoms. The summed E-state index contributed by atoms with van der Waals surface area (Å²) in [6, 6.07) is 3.18. The van der Waals surface area contributed by atoms with Gasteiger partial charge in [0.25, 0.3) is 5.91 Å². The molecule has 1 fully saturated rings. The van der Waals surface area contributed by atoms with E-state index in [2.05, 4.69) is 10.3 Å². The zero-order valence-corrected chi connectivity index (χ0v) is 10.4. The molecule has 1 aromatic heterocycles. The van der Waals surface area contributed by atoms with Crippen LogP contribution >= 0.6 is 0 Å². The lowest BCUT2D eigenvalue weighted by Gasteiger charge is -2.28. The van der Waals surface area contributed by atoms with Gasteiger partial charge in [0.15, 0.2) is 0 Å². The molecule has 5 heteroatoms. The fourth-order valence-corrected chi connectivity index (χ4v) is 2.25. The molecule has 2 rings (SSSR count). The van der Waals surface area contributed by atoms with Crippen LogP contribution in [0.15, 0.2) is 18.3 Å². The molecule has 1 aliphatic rings. The van der Waals surface area contributed by atoms with Gasteiger partial charge in [-0.15, -0.1) is 0 Å². The predicted molar refractivity (Wildman–Crippen MR) is 66.5 cm³/mol. The lowest BCUT2D eigenvalue weighted by Crippen LogP contribution is -2.45. The summed E-state index contributed by atoms with van der Waals surface area (Å²) in [6.45, 7) is 0. The Hall–Kier alpha value is -1.62. The van der Waals surface area contributed by atoms with E-state index in [0.29, 0.717) is 11.4 Å². The molecule has 0 unspecified atom stereocenters.